The molecule has 0 radical (unpaired) electrons. The van der Waals surface area contributed by atoms with Gasteiger partial charge in [-0.15, -0.1) is 0 Å². The number of rotatable bonds is 2. The maximum Gasteiger partial charge on any atom is 0.108 e. The number of nitrogens with zero attached hydrogens (tertiary/aromatic N) is 1. The van der Waals surface area contributed by atoms with Crippen LogP contribution in [-0.4, -0.2) is 11.5 Å². The summed E-state index contributed by atoms with van der Waals surface area (Å²) >= 11 is 3.26. The van der Waals surface area contributed by atoms with Gasteiger partial charge in [0.15, 0.2) is 0 Å². The first-order valence-electron chi connectivity index (χ1n) is 3.39. The molecule has 1 heterocycles. The number of nitrogens with two attached hydrogens (primary N) is 1. The van der Waals surface area contributed by atoms with E-state index in [0.29, 0.717) is 5.69 Å². The lowest BCUT2D eigenvalue weighted by Gasteiger charge is -2.05. The van der Waals surface area contributed by atoms with Crippen molar-refractivity contribution in [3.05, 3.63) is 16.9 Å². The summed E-state index contributed by atoms with van der Waals surface area (Å²) in [6.07, 6.45) is 1.63. The first-order valence-corrected chi connectivity index (χ1v) is 4.18. The highest BCUT2D eigenvalue weighted by Gasteiger charge is 1.97. The van der Waals surface area contributed by atoms with Crippen molar-refractivity contribution in [2.45, 2.75) is 6.92 Å². The van der Waals surface area contributed by atoms with E-state index >= 15 is 0 Å². The second-order valence-corrected chi connectivity index (χ2v) is 2.94. The van der Waals surface area contributed by atoms with Crippen LogP contribution < -0.4 is 11.1 Å². The first-order chi connectivity index (χ1) is 5.24. The van der Waals surface area contributed by atoms with Crippen molar-refractivity contribution in [1.29, 1.82) is 0 Å². The van der Waals surface area contributed by atoms with Crippen LogP contribution in [0.4, 0.5) is 11.4 Å². The lowest BCUT2D eigenvalue weighted by Crippen LogP contribution is -2.01. The Labute approximate surface area is 74.1 Å². The summed E-state index contributed by atoms with van der Waals surface area (Å²) in [7, 11) is 0. The lowest BCUT2D eigenvalue weighted by molar-refractivity contribution is 1.19. The van der Waals surface area contributed by atoms with Crippen molar-refractivity contribution in [3.63, 3.8) is 0 Å². The molecule has 0 fully saturated rings. The van der Waals surface area contributed by atoms with Gasteiger partial charge in [-0.3, -0.25) is 0 Å². The molecule has 60 valence electrons. The number of anilines is 2. The molecule has 4 heteroatoms. The quantitative estimate of drug-likeness (QED) is 0.741. The summed E-state index contributed by atoms with van der Waals surface area (Å²) in [4.78, 5) is 3.97. The summed E-state index contributed by atoms with van der Waals surface area (Å²) in [5.41, 5.74) is 7.23. The average Bonchev–Trinajstić information content (AvgIpc) is 1.98. The van der Waals surface area contributed by atoms with Crippen LogP contribution in [0.15, 0.2) is 16.9 Å². The third-order valence-electron chi connectivity index (χ3n) is 1.27. The number of nitrogens with one attached hydrogen (secondary N) is 1. The third kappa shape index (κ3) is 2.08. The Morgan fingerprint density at radius 3 is 3.09 bits per heavy atom. The molecule has 0 atom stereocenters. The topological polar surface area (TPSA) is 50.9 Å². The average molecular weight is 216 g/mol. The van der Waals surface area contributed by atoms with Gasteiger partial charge in [-0.05, 0) is 28.9 Å². The van der Waals surface area contributed by atoms with Crippen LogP contribution in [0.2, 0.25) is 0 Å². The van der Waals surface area contributed by atoms with Crippen LogP contribution in [0.25, 0.3) is 0 Å². The minimum atomic E-state index is 0.676. The number of aromatic nitrogens is 1. The Morgan fingerprint density at radius 1 is 1.73 bits per heavy atom. The number of halogens is 1. The fraction of sp³-hybridized carbons (Fsp3) is 0.286. The molecular formula is C7H10BrN3. The molecule has 3 nitrogen and oxygen atoms in total. The predicted molar refractivity (Wildman–Crippen MR) is 50.5 cm³/mol. The van der Waals surface area contributed by atoms with Crippen molar-refractivity contribution in [1.82, 2.24) is 4.98 Å². The van der Waals surface area contributed by atoms with Gasteiger partial charge in [0.2, 0.25) is 0 Å². The van der Waals surface area contributed by atoms with Crippen molar-refractivity contribution in [3.8, 4) is 0 Å². The molecule has 0 aromatic carbocycles. The Hall–Kier alpha value is -0.770. The van der Waals surface area contributed by atoms with E-state index < -0.39 is 0 Å². The summed E-state index contributed by atoms with van der Waals surface area (Å²) in [5.74, 6) is 0. The van der Waals surface area contributed by atoms with E-state index in [-0.39, 0.29) is 0 Å². The number of nitrogen functional groups attached to an aromatic ring is 1. The van der Waals surface area contributed by atoms with Gasteiger partial charge < -0.3 is 11.1 Å². The summed E-state index contributed by atoms with van der Waals surface area (Å²) < 4.78 is 0.794. The largest absolute Gasteiger partial charge is 0.396 e. The van der Waals surface area contributed by atoms with Crippen molar-refractivity contribution >= 4 is 27.3 Å². The Balaban J connectivity index is 2.93. The van der Waals surface area contributed by atoms with E-state index in [1.807, 2.05) is 13.0 Å². The molecule has 11 heavy (non-hydrogen) atoms. The van der Waals surface area contributed by atoms with Gasteiger partial charge in [0, 0.05) is 6.54 Å². The van der Waals surface area contributed by atoms with Crippen LogP contribution in [0.5, 0.6) is 0 Å². The van der Waals surface area contributed by atoms with Gasteiger partial charge in [-0.1, -0.05) is 0 Å². The molecule has 0 saturated heterocycles. The standard InChI is InChI=1S/C7H10BrN3/c1-2-10-6-3-7(8)11-4-5(6)9/h3-4H,2,9H2,1H3,(H,10,11). The van der Waals surface area contributed by atoms with Crippen molar-refractivity contribution in [2.75, 3.05) is 17.6 Å². The highest BCUT2D eigenvalue weighted by Crippen LogP contribution is 2.20. The minimum absolute atomic E-state index is 0.676. The molecule has 3 N–H and O–H groups in total. The fourth-order valence-electron chi connectivity index (χ4n) is 0.784. The van der Waals surface area contributed by atoms with Gasteiger partial charge in [0.25, 0.3) is 0 Å². The summed E-state index contributed by atoms with van der Waals surface area (Å²) in [5, 5.41) is 3.12. The molecule has 0 amide bonds. The zero-order valence-corrected chi connectivity index (χ0v) is 7.85. The molecule has 1 aromatic rings. The van der Waals surface area contributed by atoms with E-state index in [1.54, 1.807) is 6.20 Å². The van der Waals surface area contributed by atoms with Crippen LogP contribution in [0.3, 0.4) is 0 Å². The second kappa shape index (κ2) is 3.57. The minimum Gasteiger partial charge on any atom is -0.396 e. The maximum atomic E-state index is 5.63. The van der Waals surface area contributed by atoms with E-state index in [2.05, 4.69) is 26.2 Å². The molecule has 0 aliphatic rings. The zero-order valence-electron chi connectivity index (χ0n) is 6.26. The SMILES string of the molecule is CCNc1cc(Br)ncc1N. The Morgan fingerprint density at radius 2 is 2.45 bits per heavy atom. The predicted octanol–water partition coefficient (Wildman–Crippen LogP) is 1.86. The molecule has 0 unspecified atom stereocenters. The monoisotopic (exact) mass is 215 g/mol. The van der Waals surface area contributed by atoms with Crippen molar-refractivity contribution in [2.24, 2.45) is 0 Å². The molecular weight excluding hydrogens is 206 g/mol. The third-order valence-corrected chi connectivity index (χ3v) is 1.70. The Bertz CT molecular complexity index is 249. The number of pyridine rings is 1. The van der Waals surface area contributed by atoms with Crippen molar-refractivity contribution < 1.29 is 0 Å². The Kier molecular flexibility index (Phi) is 2.70. The van der Waals surface area contributed by atoms with Gasteiger partial charge in [-0.2, -0.15) is 0 Å². The molecule has 1 rings (SSSR count). The number of hydrogen-bond acceptors (Lipinski definition) is 3. The normalized spacial score (nSPS) is 9.64. The molecule has 0 saturated carbocycles. The summed E-state index contributed by atoms with van der Waals surface area (Å²) in [6, 6.07) is 1.86. The maximum absolute atomic E-state index is 5.63. The smallest absolute Gasteiger partial charge is 0.108 e. The molecule has 0 aliphatic carbocycles. The van der Waals surface area contributed by atoms with Gasteiger partial charge in [0.1, 0.15) is 4.60 Å². The lowest BCUT2D eigenvalue weighted by atomic mass is 10.3. The zero-order chi connectivity index (χ0) is 8.27. The fourth-order valence-corrected chi connectivity index (χ4v) is 1.12. The number of hydrogen-bond donors (Lipinski definition) is 2. The van der Waals surface area contributed by atoms with Crippen LogP contribution >= 0.6 is 15.9 Å². The van der Waals surface area contributed by atoms with Crippen LogP contribution in [0.1, 0.15) is 6.92 Å². The van der Waals surface area contributed by atoms with Gasteiger partial charge in [0.05, 0.1) is 17.6 Å². The molecule has 1 aromatic heterocycles. The molecule has 0 bridgehead atoms. The van der Waals surface area contributed by atoms with Gasteiger partial charge >= 0.3 is 0 Å². The van der Waals surface area contributed by atoms with E-state index in [9.17, 15) is 0 Å². The molecule has 0 spiro atoms. The van der Waals surface area contributed by atoms with E-state index in [1.165, 1.54) is 0 Å². The second-order valence-electron chi connectivity index (χ2n) is 2.12. The van der Waals surface area contributed by atoms with E-state index in [4.69, 9.17) is 5.73 Å². The first kappa shape index (κ1) is 8.33. The van der Waals surface area contributed by atoms with Crippen LogP contribution in [-0.2, 0) is 0 Å². The van der Waals surface area contributed by atoms with E-state index in [0.717, 1.165) is 16.8 Å². The highest BCUT2D eigenvalue weighted by atomic mass is 79.9. The van der Waals surface area contributed by atoms with Gasteiger partial charge in [-0.25, -0.2) is 4.98 Å². The molecule has 0 aliphatic heterocycles. The highest BCUT2D eigenvalue weighted by molar-refractivity contribution is 9.10. The van der Waals surface area contributed by atoms with Crippen LogP contribution in [0, 0.1) is 0 Å². The summed E-state index contributed by atoms with van der Waals surface area (Å²) in [6.45, 7) is 2.88.